The van der Waals surface area contributed by atoms with Crippen molar-refractivity contribution in [2.24, 2.45) is 0 Å². The number of ether oxygens (including phenoxy) is 1. The summed E-state index contributed by atoms with van der Waals surface area (Å²) in [5.41, 5.74) is 2.34. The quantitative estimate of drug-likeness (QED) is 0.535. The molecule has 0 radical (unpaired) electrons. The van der Waals surface area contributed by atoms with Crippen molar-refractivity contribution in [3.63, 3.8) is 0 Å². The van der Waals surface area contributed by atoms with Crippen LogP contribution in [0.5, 0.6) is 11.5 Å². The number of carbonyl (C=O) groups is 1. The van der Waals surface area contributed by atoms with E-state index in [0.29, 0.717) is 33.6 Å². The standard InChI is InChI=1S/C21H14O6/c1-26-17-8-11(21(24)25)2-5-14(17)20-15-6-3-12(22)9-18(15)27-19-10-13(23)4-7-16(19)20/h2-10,22H,1H3,(H,24,25). The second-order valence-corrected chi connectivity index (χ2v) is 6.04. The summed E-state index contributed by atoms with van der Waals surface area (Å²) in [4.78, 5) is 23.1. The Balaban J connectivity index is 2.14. The molecule has 0 amide bonds. The van der Waals surface area contributed by atoms with Gasteiger partial charge in [-0.3, -0.25) is 4.79 Å². The van der Waals surface area contributed by atoms with Crippen LogP contribution in [0, 0.1) is 0 Å². The molecular formula is C21H14O6. The third-order valence-corrected chi connectivity index (χ3v) is 4.39. The molecule has 0 unspecified atom stereocenters. The number of phenolic OH excluding ortho intramolecular Hbond substituents is 1. The van der Waals surface area contributed by atoms with Gasteiger partial charge in [-0.1, -0.05) is 0 Å². The normalized spacial score (nSPS) is 11.0. The lowest BCUT2D eigenvalue weighted by Gasteiger charge is -2.17. The summed E-state index contributed by atoms with van der Waals surface area (Å²) in [5, 5.41) is 19.7. The summed E-state index contributed by atoms with van der Waals surface area (Å²) in [6, 6.07) is 13.8. The van der Waals surface area contributed by atoms with Crippen LogP contribution >= 0.6 is 0 Å². The van der Waals surface area contributed by atoms with Crippen molar-refractivity contribution in [3.05, 3.63) is 70.4 Å². The van der Waals surface area contributed by atoms with Crippen LogP contribution in [0.3, 0.4) is 0 Å². The maximum atomic E-state index is 11.8. The highest BCUT2D eigenvalue weighted by Crippen LogP contribution is 2.44. The van der Waals surface area contributed by atoms with Gasteiger partial charge in [0.1, 0.15) is 22.8 Å². The van der Waals surface area contributed by atoms with Crippen LogP contribution in [0.4, 0.5) is 0 Å². The zero-order valence-electron chi connectivity index (χ0n) is 14.2. The van der Waals surface area contributed by atoms with Gasteiger partial charge in [0.25, 0.3) is 0 Å². The lowest BCUT2D eigenvalue weighted by Crippen LogP contribution is -2.01. The maximum Gasteiger partial charge on any atom is 0.335 e. The van der Waals surface area contributed by atoms with Gasteiger partial charge in [0, 0.05) is 34.2 Å². The van der Waals surface area contributed by atoms with E-state index in [-0.39, 0.29) is 16.7 Å². The number of fused-ring (bicyclic) bond motifs is 2. The molecule has 2 N–H and O–H groups in total. The first-order valence-corrected chi connectivity index (χ1v) is 8.09. The summed E-state index contributed by atoms with van der Waals surface area (Å²) in [6.07, 6.45) is 0. The molecule has 0 saturated carbocycles. The Labute approximate surface area is 153 Å². The van der Waals surface area contributed by atoms with E-state index in [9.17, 15) is 19.8 Å². The molecular weight excluding hydrogens is 348 g/mol. The first-order valence-electron chi connectivity index (χ1n) is 8.09. The SMILES string of the molecule is COc1cc(C(=O)O)ccc1-c1c2ccc(=O)cc-2oc2cc(O)ccc12. The molecule has 0 bridgehead atoms. The predicted octanol–water partition coefficient (Wildman–Crippen LogP) is 3.98. The molecule has 1 aliphatic heterocycles. The monoisotopic (exact) mass is 362 g/mol. The second-order valence-electron chi connectivity index (χ2n) is 6.04. The molecule has 6 nitrogen and oxygen atoms in total. The average Bonchev–Trinajstić information content (AvgIpc) is 2.65. The van der Waals surface area contributed by atoms with Crippen LogP contribution in [-0.4, -0.2) is 23.3 Å². The highest BCUT2D eigenvalue weighted by atomic mass is 16.5. The lowest BCUT2D eigenvalue weighted by molar-refractivity contribution is 0.0696. The summed E-state index contributed by atoms with van der Waals surface area (Å²) >= 11 is 0. The number of carboxylic acids is 1. The Hall–Kier alpha value is -3.80. The van der Waals surface area contributed by atoms with Crippen LogP contribution in [0.15, 0.2) is 63.8 Å². The van der Waals surface area contributed by atoms with E-state index in [1.54, 1.807) is 18.2 Å². The molecule has 134 valence electrons. The fourth-order valence-electron chi connectivity index (χ4n) is 3.18. The van der Waals surface area contributed by atoms with Crippen LogP contribution < -0.4 is 10.2 Å². The second kappa shape index (κ2) is 6.17. The Morgan fingerprint density at radius 2 is 1.78 bits per heavy atom. The van der Waals surface area contributed by atoms with Crippen molar-refractivity contribution in [3.8, 4) is 33.9 Å². The zero-order chi connectivity index (χ0) is 19.1. The number of hydrogen-bond acceptors (Lipinski definition) is 5. The van der Waals surface area contributed by atoms with Crippen LogP contribution in [-0.2, 0) is 0 Å². The zero-order valence-corrected chi connectivity index (χ0v) is 14.2. The molecule has 0 spiro atoms. The first-order chi connectivity index (χ1) is 13.0. The van der Waals surface area contributed by atoms with E-state index in [2.05, 4.69) is 0 Å². The fraction of sp³-hybridized carbons (Fsp3) is 0.0476. The van der Waals surface area contributed by atoms with Gasteiger partial charge in [-0.25, -0.2) is 4.79 Å². The van der Waals surface area contributed by atoms with Gasteiger partial charge in [-0.05, 0) is 42.5 Å². The summed E-state index contributed by atoms with van der Waals surface area (Å²) in [5.74, 6) is -0.287. The summed E-state index contributed by atoms with van der Waals surface area (Å²) in [7, 11) is 1.46. The summed E-state index contributed by atoms with van der Waals surface area (Å²) < 4.78 is 11.2. The number of carboxylic acid groups (broad SMARTS) is 1. The van der Waals surface area contributed by atoms with E-state index in [4.69, 9.17) is 9.15 Å². The number of aromatic hydroxyl groups is 1. The predicted molar refractivity (Wildman–Crippen MR) is 99.7 cm³/mol. The molecule has 27 heavy (non-hydrogen) atoms. The maximum absolute atomic E-state index is 11.8. The van der Waals surface area contributed by atoms with Crippen molar-refractivity contribution in [2.75, 3.05) is 7.11 Å². The number of rotatable bonds is 3. The Kier molecular flexibility index (Phi) is 3.81. The van der Waals surface area contributed by atoms with Crippen LogP contribution in [0.1, 0.15) is 10.4 Å². The van der Waals surface area contributed by atoms with Gasteiger partial charge in [0.15, 0.2) is 5.43 Å². The van der Waals surface area contributed by atoms with Gasteiger partial charge in [-0.15, -0.1) is 0 Å². The molecule has 2 aromatic rings. The molecule has 0 aromatic heterocycles. The molecule has 1 aliphatic carbocycles. The minimum atomic E-state index is -1.06. The van der Waals surface area contributed by atoms with Crippen molar-refractivity contribution < 1.29 is 24.2 Å². The molecule has 0 saturated heterocycles. The average molecular weight is 362 g/mol. The number of hydrogen-bond donors (Lipinski definition) is 2. The smallest absolute Gasteiger partial charge is 0.335 e. The molecule has 4 rings (SSSR count). The van der Waals surface area contributed by atoms with E-state index >= 15 is 0 Å². The topological polar surface area (TPSA) is 97.0 Å². The Bertz CT molecular complexity index is 1220. The van der Waals surface area contributed by atoms with Gasteiger partial charge in [0.2, 0.25) is 0 Å². The van der Waals surface area contributed by atoms with Crippen molar-refractivity contribution in [2.45, 2.75) is 0 Å². The molecule has 6 heteroatoms. The van der Waals surface area contributed by atoms with Gasteiger partial charge in [0.05, 0.1) is 12.7 Å². The van der Waals surface area contributed by atoms with E-state index in [1.807, 2.05) is 0 Å². The number of benzene rings is 3. The number of methoxy groups -OCH3 is 1. The molecule has 1 heterocycles. The Morgan fingerprint density at radius 3 is 2.52 bits per heavy atom. The Morgan fingerprint density at radius 1 is 1.00 bits per heavy atom. The van der Waals surface area contributed by atoms with Crippen LogP contribution in [0.2, 0.25) is 0 Å². The minimum absolute atomic E-state index is 0.0306. The fourth-order valence-corrected chi connectivity index (χ4v) is 3.18. The highest BCUT2D eigenvalue weighted by molar-refractivity contribution is 6.04. The lowest BCUT2D eigenvalue weighted by atomic mass is 9.92. The third kappa shape index (κ3) is 2.77. The van der Waals surface area contributed by atoms with Crippen molar-refractivity contribution >= 4 is 16.9 Å². The molecule has 2 aromatic carbocycles. The van der Waals surface area contributed by atoms with E-state index in [1.165, 1.54) is 43.5 Å². The molecule has 0 atom stereocenters. The minimum Gasteiger partial charge on any atom is -0.508 e. The molecule has 2 aliphatic rings. The van der Waals surface area contributed by atoms with Crippen LogP contribution in [0.25, 0.3) is 33.4 Å². The first kappa shape index (κ1) is 16.7. The molecule has 0 fully saturated rings. The summed E-state index contributed by atoms with van der Waals surface area (Å²) in [6.45, 7) is 0. The van der Waals surface area contributed by atoms with Gasteiger partial charge in [-0.2, -0.15) is 0 Å². The van der Waals surface area contributed by atoms with Gasteiger partial charge >= 0.3 is 5.97 Å². The van der Waals surface area contributed by atoms with Crippen molar-refractivity contribution in [1.82, 2.24) is 0 Å². The van der Waals surface area contributed by atoms with E-state index in [0.717, 1.165) is 5.56 Å². The largest absolute Gasteiger partial charge is 0.508 e. The third-order valence-electron chi connectivity index (χ3n) is 4.39. The van der Waals surface area contributed by atoms with E-state index < -0.39 is 5.97 Å². The highest BCUT2D eigenvalue weighted by Gasteiger charge is 2.21. The number of phenols is 1. The van der Waals surface area contributed by atoms with Gasteiger partial charge < -0.3 is 19.4 Å². The number of aromatic carboxylic acids is 1. The van der Waals surface area contributed by atoms with Crippen molar-refractivity contribution in [1.29, 1.82) is 0 Å².